The van der Waals surface area contributed by atoms with Crippen molar-refractivity contribution in [3.63, 3.8) is 0 Å². The number of hydrogen-bond acceptors (Lipinski definition) is 7. The van der Waals surface area contributed by atoms with Gasteiger partial charge < -0.3 is 23.7 Å². The molecule has 1 unspecified atom stereocenters. The molecule has 2 heterocycles. The van der Waals surface area contributed by atoms with Crippen molar-refractivity contribution in [2.24, 2.45) is 0 Å². The van der Waals surface area contributed by atoms with Crippen LogP contribution in [0.25, 0.3) is 0 Å². The van der Waals surface area contributed by atoms with Crippen molar-refractivity contribution in [2.75, 3.05) is 40.4 Å². The van der Waals surface area contributed by atoms with E-state index in [9.17, 15) is 9.59 Å². The highest BCUT2D eigenvalue weighted by Gasteiger charge is 2.26. The van der Waals surface area contributed by atoms with Crippen molar-refractivity contribution in [3.05, 3.63) is 77.5 Å². The smallest absolute Gasteiger partial charge is 0.275 e. The normalized spacial score (nSPS) is 14.5. The van der Waals surface area contributed by atoms with E-state index >= 15 is 0 Å². The number of methoxy groups -OCH3 is 2. The molecule has 9 nitrogen and oxygen atoms in total. The summed E-state index contributed by atoms with van der Waals surface area (Å²) in [7, 11) is 3.29. The number of nitrogens with zero attached hydrogens (tertiary/aromatic N) is 4. The fourth-order valence-electron chi connectivity index (χ4n) is 4.54. The molecule has 0 saturated carbocycles. The summed E-state index contributed by atoms with van der Waals surface area (Å²) in [5.74, 6) is 1.80. The van der Waals surface area contributed by atoms with Gasteiger partial charge in [0, 0.05) is 51.3 Å². The highest BCUT2D eigenvalue weighted by atomic mass is 16.5. The van der Waals surface area contributed by atoms with Gasteiger partial charge >= 0.3 is 0 Å². The predicted octanol–water partition coefficient (Wildman–Crippen LogP) is 3.76. The van der Waals surface area contributed by atoms with Gasteiger partial charge in [0.25, 0.3) is 5.91 Å². The van der Waals surface area contributed by atoms with Crippen molar-refractivity contribution >= 4 is 11.8 Å². The number of carbonyl (C=O) groups excluding carboxylic acids is 2. The number of carbonyl (C=O) groups is 2. The molecule has 2 aromatic carbocycles. The summed E-state index contributed by atoms with van der Waals surface area (Å²) in [5, 5.41) is 0. The predicted molar refractivity (Wildman–Crippen MR) is 138 cm³/mol. The van der Waals surface area contributed by atoms with E-state index in [1.54, 1.807) is 30.9 Å². The van der Waals surface area contributed by atoms with Gasteiger partial charge in [-0.3, -0.25) is 14.5 Å². The lowest BCUT2D eigenvalue weighted by Gasteiger charge is -2.33. The molecule has 1 aliphatic rings. The zero-order valence-electron chi connectivity index (χ0n) is 21.8. The molecular formula is C28H34N4O5. The van der Waals surface area contributed by atoms with Crippen LogP contribution in [0.2, 0.25) is 0 Å². The fraction of sp³-hybridized carbons (Fsp3) is 0.393. The first-order valence-corrected chi connectivity index (χ1v) is 12.4. The van der Waals surface area contributed by atoms with Crippen molar-refractivity contribution in [2.45, 2.75) is 33.0 Å². The molecule has 1 fully saturated rings. The number of hydrogen-bond donors (Lipinski definition) is 0. The van der Waals surface area contributed by atoms with Crippen LogP contribution in [-0.4, -0.2) is 71.9 Å². The van der Waals surface area contributed by atoms with E-state index in [-0.39, 0.29) is 23.6 Å². The Morgan fingerprint density at radius 2 is 1.70 bits per heavy atom. The first kappa shape index (κ1) is 26.2. The summed E-state index contributed by atoms with van der Waals surface area (Å²) in [5.41, 5.74) is 2.39. The second kappa shape index (κ2) is 11.9. The fourth-order valence-corrected chi connectivity index (χ4v) is 4.54. The van der Waals surface area contributed by atoms with Gasteiger partial charge in [0.1, 0.15) is 17.8 Å². The van der Waals surface area contributed by atoms with E-state index in [1.165, 1.54) is 6.26 Å². The van der Waals surface area contributed by atoms with E-state index < -0.39 is 0 Å². The van der Waals surface area contributed by atoms with Gasteiger partial charge in [-0.2, -0.15) is 0 Å². The van der Waals surface area contributed by atoms with Crippen LogP contribution in [-0.2, 0) is 17.9 Å². The summed E-state index contributed by atoms with van der Waals surface area (Å²) in [4.78, 5) is 34.8. The zero-order valence-corrected chi connectivity index (χ0v) is 21.8. The number of benzene rings is 2. The van der Waals surface area contributed by atoms with Crippen LogP contribution in [0.15, 0.2) is 59.2 Å². The molecule has 1 aromatic heterocycles. The maximum absolute atomic E-state index is 13.0. The summed E-state index contributed by atoms with van der Waals surface area (Å²) >= 11 is 0. The Morgan fingerprint density at radius 1 is 1.00 bits per heavy atom. The number of amides is 2. The molecular weight excluding hydrogens is 472 g/mol. The number of rotatable bonds is 9. The third-order valence-corrected chi connectivity index (χ3v) is 6.81. The molecule has 1 atom stereocenters. The van der Waals surface area contributed by atoms with Gasteiger partial charge in [-0.15, -0.1) is 0 Å². The third kappa shape index (κ3) is 6.29. The molecule has 37 heavy (non-hydrogen) atoms. The lowest BCUT2D eigenvalue weighted by molar-refractivity contribution is -0.130. The Morgan fingerprint density at radius 3 is 2.35 bits per heavy atom. The van der Waals surface area contributed by atoms with E-state index in [2.05, 4.69) is 28.9 Å². The van der Waals surface area contributed by atoms with Gasteiger partial charge in [0.15, 0.2) is 5.69 Å². The SMILES string of the molecule is COc1ccc(OC)c(CN(Cc2nc(C(=O)N3CCN(C(C)=O)CC3)co2)C(C)c2ccccc2)c1. The molecule has 196 valence electrons. The maximum Gasteiger partial charge on any atom is 0.275 e. The first-order chi connectivity index (χ1) is 17.9. The second-order valence-corrected chi connectivity index (χ2v) is 9.09. The Labute approximate surface area is 217 Å². The Balaban J connectivity index is 1.53. The van der Waals surface area contributed by atoms with E-state index in [0.717, 1.165) is 22.6 Å². The minimum absolute atomic E-state index is 0.0242. The third-order valence-electron chi connectivity index (χ3n) is 6.81. The molecule has 1 saturated heterocycles. The molecule has 0 spiro atoms. The van der Waals surface area contributed by atoms with Crippen LogP contribution < -0.4 is 9.47 Å². The van der Waals surface area contributed by atoms with E-state index in [0.29, 0.717) is 45.2 Å². The van der Waals surface area contributed by atoms with E-state index in [4.69, 9.17) is 13.9 Å². The van der Waals surface area contributed by atoms with Crippen molar-refractivity contribution in [3.8, 4) is 11.5 Å². The lowest BCUT2D eigenvalue weighted by Crippen LogP contribution is -2.50. The molecule has 0 bridgehead atoms. The second-order valence-electron chi connectivity index (χ2n) is 9.09. The molecule has 9 heteroatoms. The quantitative estimate of drug-likeness (QED) is 0.437. The summed E-state index contributed by atoms with van der Waals surface area (Å²) in [6, 6.07) is 16.0. The lowest BCUT2D eigenvalue weighted by atomic mass is 10.1. The van der Waals surface area contributed by atoms with Crippen LogP contribution in [0.4, 0.5) is 0 Å². The van der Waals surface area contributed by atoms with Crippen LogP contribution >= 0.6 is 0 Å². The van der Waals surface area contributed by atoms with Crippen molar-refractivity contribution in [1.82, 2.24) is 19.7 Å². The Kier molecular flexibility index (Phi) is 8.45. The highest BCUT2D eigenvalue weighted by molar-refractivity contribution is 5.92. The molecule has 4 rings (SSSR count). The van der Waals surface area contributed by atoms with Crippen LogP contribution in [0.5, 0.6) is 11.5 Å². The summed E-state index contributed by atoms with van der Waals surface area (Å²) in [6.07, 6.45) is 1.42. The van der Waals surface area contributed by atoms with Gasteiger partial charge in [0.2, 0.25) is 11.8 Å². The number of aromatic nitrogens is 1. The molecule has 0 N–H and O–H groups in total. The van der Waals surface area contributed by atoms with Gasteiger partial charge in [-0.25, -0.2) is 4.98 Å². The van der Waals surface area contributed by atoms with Gasteiger partial charge in [0.05, 0.1) is 20.8 Å². The molecule has 1 aliphatic heterocycles. The average Bonchev–Trinajstić information content (AvgIpc) is 3.40. The summed E-state index contributed by atoms with van der Waals surface area (Å²) < 4.78 is 16.8. The Bertz CT molecular complexity index is 1200. The maximum atomic E-state index is 13.0. The number of piperazine rings is 1. The molecule has 3 aromatic rings. The van der Waals surface area contributed by atoms with Gasteiger partial charge in [-0.1, -0.05) is 30.3 Å². The van der Waals surface area contributed by atoms with Crippen LogP contribution in [0.1, 0.15) is 47.4 Å². The number of ether oxygens (including phenoxy) is 2. The average molecular weight is 507 g/mol. The monoisotopic (exact) mass is 506 g/mol. The minimum atomic E-state index is -0.185. The topological polar surface area (TPSA) is 88.4 Å². The standard InChI is InChI=1S/C28H34N4O5/c1-20(22-8-6-5-7-9-22)32(17-23-16-24(35-3)10-11-26(23)36-4)18-27-29-25(19-37-27)28(34)31-14-12-30(13-15-31)21(2)33/h5-11,16,19-20H,12-15,17-18H2,1-4H3. The summed E-state index contributed by atoms with van der Waals surface area (Å²) in [6.45, 7) is 6.63. The van der Waals surface area contributed by atoms with E-state index in [1.807, 2.05) is 36.4 Å². The highest BCUT2D eigenvalue weighted by Crippen LogP contribution is 2.30. The molecule has 2 amide bonds. The Hall–Kier alpha value is -3.85. The van der Waals surface area contributed by atoms with Crippen molar-refractivity contribution in [1.29, 1.82) is 0 Å². The molecule has 0 aliphatic carbocycles. The van der Waals surface area contributed by atoms with Crippen LogP contribution in [0.3, 0.4) is 0 Å². The van der Waals surface area contributed by atoms with Crippen molar-refractivity contribution < 1.29 is 23.5 Å². The largest absolute Gasteiger partial charge is 0.497 e. The molecule has 0 radical (unpaired) electrons. The number of oxazole rings is 1. The van der Waals surface area contributed by atoms with Gasteiger partial charge in [-0.05, 0) is 30.7 Å². The minimum Gasteiger partial charge on any atom is -0.497 e. The first-order valence-electron chi connectivity index (χ1n) is 12.4. The van der Waals surface area contributed by atoms with Crippen LogP contribution in [0, 0.1) is 0 Å². The zero-order chi connectivity index (χ0) is 26.4.